The summed E-state index contributed by atoms with van der Waals surface area (Å²) >= 11 is 0. The minimum Gasteiger partial charge on any atom is -0.467 e. The minimum atomic E-state index is -4.50. The standard InChI is InChI=1S/C16H18F3N5O2/c17-16(18,19)13-8-14(22-10-21-13)24-5-3-11(4-6-24)23-15(25)20-9-12-2-1-7-26-12/h1-2,7-8,10-11H,3-6,9H2,(H2,20,23,25). The molecule has 0 bridgehead atoms. The Kier molecular flexibility index (Phi) is 5.29. The van der Waals surface area contributed by atoms with Gasteiger partial charge >= 0.3 is 12.2 Å². The predicted molar refractivity (Wildman–Crippen MR) is 86.3 cm³/mol. The molecule has 1 aliphatic heterocycles. The van der Waals surface area contributed by atoms with Crippen molar-refractivity contribution in [2.45, 2.75) is 31.6 Å². The van der Waals surface area contributed by atoms with Gasteiger partial charge in [-0.3, -0.25) is 0 Å². The fraction of sp³-hybridized carbons (Fsp3) is 0.438. The van der Waals surface area contributed by atoms with E-state index in [1.54, 1.807) is 17.0 Å². The van der Waals surface area contributed by atoms with Crippen LogP contribution >= 0.6 is 0 Å². The number of furan rings is 1. The van der Waals surface area contributed by atoms with Crippen LogP contribution in [0.5, 0.6) is 0 Å². The summed E-state index contributed by atoms with van der Waals surface area (Å²) in [6, 6.07) is 4.09. The minimum absolute atomic E-state index is 0.0493. The van der Waals surface area contributed by atoms with E-state index in [1.807, 2.05) is 0 Å². The lowest BCUT2D eigenvalue weighted by Crippen LogP contribution is -2.48. The fourth-order valence-corrected chi connectivity index (χ4v) is 2.74. The maximum atomic E-state index is 12.7. The van der Waals surface area contributed by atoms with Crippen LogP contribution < -0.4 is 15.5 Å². The zero-order chi connectivity index (χ0) is 18.6. The smallest absolute Gasteiger partial charge is 0.433 e. The van der Waals surface area contributed by atoms with Crippen molar-refractivity contribution in [1.29, 1.82) is 0 Å². The zero-order valence-corrected chi connectivity index (χ0v) is 13.8. The second-order valence-electron chi connectivity index (χ2n) is 5.93. The van der Waals surface area contributed by atoms with Crippen LogP contribution in [0.4, 0.5) is 23.8 Å². The summed E-state index contributed by atoms with van der Waals surface area (Å²) in [5, 5.41) is 5.55. The first-order valence-corrected chi connectivity index (χ1v) is 8.13. The molecule has 2 aromatic rings. The van der Waals surface area contributed by atoms with Crippen LogP contribution in [-0.4, -0.2) is 35.1 Å². The number of nitrogens with one attached hydrogen (secondary N) is 2. The van der Waals surface area contributed by atoms with Gasteiger partial charge in [0, 0.05) is 25.2 Å². The Bertz CT molecular complexity index is 728. The first-order chi connectivity index (χ1) is 12.4. The number of hydrogen-bond donors (Lipinski definition) is 2. The Morgan fingerprint density at radius 2 is 2.08 bits per heavy atom. The SMILES string of the molecule is O=C(NCc1ccco1)NC1CCN(c2cc(C(F)(F)F)ncn2)CC1. The average Bonchev–Trinajstić information content (AvgIpc) is 3.14. The molecule has 0 spiro atoms. The van der Waals surface area contributed by atoms with Gasteiger partial charge in [-0.15, -0.1) is 0 Å². The maximum absolute atomic E-state index is 12.7. The molecule has 1 fully saturated rings. The van der Waals surface area contributed by atoms with E-state index < -0.39 is 11.9 Å². The number of rotatable bonds is 4. The van der Waals surface area contributed by atoms with Gasteiger partial charge in [-0.25, -0.2) is 14.8 Å². The second kappa shape index (κ2) is 7.63. The van der Waals surface area contributed by atoms with Crippen LogP contribution in [0.3, 0.4) is 0 Å². The van der Waals surface area contributed by atoms with E-state index in [0.29, 0.717) is 38.2 Å². The highest BCUT2D eigenvalue weighted by atomic mass is 19.4. The van der Waals surface area contributed by atoms with Crippen molar-refractivity contribution in [2.75, 3.05) is 18.0 Å². The molecule has 140 valence electrons. The third-order valence-corrected chi connectivity index (χ3v) is 4.10. The molecule has 2 amide bonds. The predicted octanol–water partition coefficient (Wildman–Crippen LogP) is 2.56. The number of piperidine rings is 1. The van der Waals surface area contributed by atoms with Crippen LogP contribution in [0.15, 0.2) is 35.2 Å². The number of carbonyl (C=O) groups is 1. The molecule has 3 rings (SSSR count). The molecule has 1 aliphatic rings. The van der Waals surface area contributed by atoms with Crippen molar-refractivity contribution in [3.05, 3.63) is 42.2 Å². The van der Waals surface area contributed by atoms with Crippen LogP contribution in [0.1, 0.15) is 24.3 Å². The van der Waals surface area contributed by atoms with Crippen molar-refractivity contribution in [1.82, 2.24) is 20.6 Å². The highest BCUT2D eigenvalue weighted by Gasteiger charge is 2.33. The first kappa shape index (κ1) is 18.0. The highest BCUT2D eigenvalue weighted by molar-refractivity contribution is 5.74. The van der Waals surface area contributed by atoms with E-state index in [1.165, 1.54) is 6.26 Å². The van der Waals surface area contributed by atoms with Gasteiger partial charge in [0.25, 0.3) is 0 Å². The Morgan fingerprint density at radius 3 is 2.73 bits per heavy atom. The number of nitrogens with zero attached hydrogens (tertiary/aromatic N) is 3. The topological polar surface area (TPSA) is 83.3 Å². The van der Waals surface area contributed by atoms with Crippen LogP contribution in [-0.2, 0) is 12.7 Å². The molecule has 1 saturated heterocycles. The molecule has 0 aromatic carbocycles. The summed E-state index contributed by atoms with van der Waals surface area (Å²) in [6.45, 7) is 1.29. The summed E-state index contributed by atoms with van der Waals surface area (Å²) in [7, 11) is 0. The van der Waals surface area contributed by atoms with Crippen LogP contribution in [0.25, 0.3) is 0 Å². The van der Waals surface area contributed by atoms with Crippen molar-refractivity contribution in [2.24, 2.45) is 0 Å². The van der Waals surface area contributed by atoms with Gasteiger partial charge in [0.1, 0.15) is 23.6 Å². The number of alkyl halides is 3. The number of aromatic nitrogens is 2. The third kappa shape index (κ3) is 4.64. The van der Waals surface area contributed by atoms with E-state index in [4.69, 9.17) is 4.42 Å². The van der Waals surface area contributed by atoms with Gasteiger partial charge < -0.3 is 20.0 Å². The van der Waals surface area contributed by atoms with Gasteiger partial charge in [0.2, 0.25) is 0 Å². The van der Waals surface area contributed by atoms with E-state index in [9.17, 15) is 18.0 Å². The number of carbonyl (C=O) groups excluding carboxylic acids is 1. The largest absolute Gasteiger partial charge is 0.467 e. The zero-order valence-electron chi connectivity index (χ0n) is 13.8. The number of anilines is 1. The number of urea groups is 1. The van der Waals surface area contributed by atoms with Gasteiger partial charge in [0.05, 0.1) is 12.8 Å². The lowest BCUT2D eigenvalue weighted by atomic mass is 10.1. The van der Waals surface area contributed by atoms with E-state index in [0.717, 1.165) is 12.4 Å². The summed E-state index contributed by atoms with van der Waals surface area (Å²) < 4.78 is 43.4. The summed E-state index contributed by atoms with van der Waals surface area (Å²) in [5.41, 5.74) is -0.958. The van der Waals surface area contributed by atoms with Crippen LogP contribution in [0.2, 0.25) is 0 Å². The molecule has 7 nitrogen and oxygen atoms in total. The normalized spacial score (nSPS) is 15.7. The monoisotopic (exact) mass is 369 g/mol. The summed E-state index contributed by atoms with van der Waals surface area (Å²) in [4.78, 5) is 20.8. The summed E-state index contributed by atoms with van der Waals surface area (Å²) in [5.74, 6) is 0.896. The van der Waals surface area contributed by atoms with Crippen molar-refractivity contribution in [3.63, 3.8) is 0 Å². The van der Waals surface area contributed by atoms with E-state index in [2.05, 4.69) is 20.6 Å². The molecule has 26 heavy (non-hydrogen) atoms. The number of hydrogen-bond acceptors (Lipinski definition) is 5. The molecule has 0 aliphatic carbocycles. The van der Waals surface area contributed by atoms with Crippen molar-refractivity contribution in [3.8, 4) is 0 Å². The molecular formula is C16H18F3N5O2. The molecule has 0 atom stereocenters. The average molecular weight is 369 g/mol. The van der Waals surface area contributed by atoms with Gasteiger partial charge in [-0.05, 0) is 25.0 Å². The maximum Gasteiger partial charge on any atom is 0.433 e. The van der Waals surface area contributed by atoms with Gasteiger partial charge in [0.15, 0.2) is 0 Å². The van der Waals surface area contributed by atoms with Crippen molar-refractivity contribution >= 4 is 11.8 Å². The third-order valence-electron chi connectivity index (χ3n) is 4.10. The number of halogens is 3. The Morgan fingerprint density at radius 1 is 1.31 bits per heavy atom. The quantitative estimate of drug-likeness (QED) is 0.866. The molecule has 3 heterocycles. The number of amides is 2. The second-order valence-corrected chi connectivity index (χ2v) is 5.93. The van der Waals surface area contributed by atoms with Gasteiger partial charge in [-0.2, -0.15) is 13.2 Å². The van der Waals surface area contributed by atoms with Crippen LogP contribution in [0, 0.1) is 0 Å². The molecule has 2 aromatic heterocycles. The Hall–Kier alpha value is -2.78. The molecule has 0 radical (unpaired) electrons. The fourth-order valence-electron chi connectivity index (χ4n) is 2.74. The molecule has 10 heteroatoms. The lowest BCUT2D eigenvalue weighted by molar-refractivity contribution is -0.141. The highest BCUT2D eigenvalue weighted by Crippen LogP contribution is 2.29. The molecule has 2 N–H and O–H groups in total. The van der Waals surface area contributed by atoms with Gasteiger partial charge in [-0.1, -0.05) is 0 Å². The molecule has 0 saturated carbocycles. The Labute approximate surface area is 147 Å². The van der Waals surface area contributed by atoms with Crippen molar-refractivity contribution < 1.29 is 22.4 Å². The lowest BCUT2D eigenvalue weighted by Gasteiger charge is -2.33. The first-order valence-electron chi connectivity index (χ1n) is 8.13. The van der Waals surface area contributed by atoms with E-state index in [-0.39, 0.29) is 17.9 Å². The molecule has 0 unspecified atom stereocenters. The van der Waals surface area contributed by atoms with E-state index >= 15 is 0 Å². The summed E-state index contributed by atoms with van der Waals surface area (Å²) in [6.07, 6.45) is -0.824. The Balaban J connectivity index is 1.47. The molecular weight excluding hydrogens is 351 g/mol.